The van der Waals surface area contributed by atoms with Gasteiger partial charge in [-0.05, 0) is 39.0 Å². The molecule has 1 aliphatic heterocycles. The predicted molar refractivity (Wildman–Crippen MR) is 114 cm³/mol. The molecule has 156 valence electrons. The zero-order chi connectivity index (χ0) is 19.9. The highest BCUT2D eigenvalue weighted by Crippen LogP contribution is 2.31. The van der Waals surface area contributed by atoms with E-state index in [1.165, 1.54) is 31.0 Å². The first kappa shape index (κ1) is 21.4. The van der Waals surface area contributed by atoms with Gasteiger partial charge in [-0.15, -0.1) is 0 Å². The monoisotopic (exact) mass is 426 g/mol. The molecule has 0 spiro atoms. The van der Waals surface area contributed by atoms with Crippen molar-refractivity contribution in [1.82, 2.24) is 20.3 Å². The van der Waals surface area contributed by atoms with Crippen LogP contribution in [0.5, 0.6) is 0 Å². The Kier molecular flexibility index (Phi) is 8.04. The number of aromatic nitrogens is 3. The van der Waals surface area contributed by atoms with E-state index in [0.29, 0.717) is 16.5 Å². The number of nitrogens with two attached hydrogens (primary N) is 2. The molecule has 0 aromatic carbocycles. The van der Waals surface area contributed by atoms with Gasteiger partial charge in [0.15, 0.2) is 5.16 Å². The van der Waals surface area contributed by atoms with Crippen LogP contribution in [-0.2, 0) is 9.53 Å². The molecule has 1 amide bonds. The molecule has 1 saturated carbocycles. The van der Waals surface area contributed by atoms with Crippen molar-refractivity contribution in [1.29, 1.82) is 0 Å². The number of nitrogen functional groups attached to an aromatic ring is 2. The largest absolute Gasteiger partial charge is 0.377 e. The van der Waals surface area contributed by atoms with Gasteiger partial charge in [-0.25, -0.2) is 0 Å². The summed E-state index contributed by atoms with van der Waals surface area (Å²) >= 11 is 3.21. The molecule has 1 aromatic heterocycles. The number of hydrogen-bond acceptors (Lipinski definition) is 9. The fourth-order valence-corrected chi connectivity index (χ4v) is 5.86. The van der Waals surface area contributed by atoms with Crippen molar-refractivity contribution in [2.45, 2.75) is 79.7 Å². The van der Waals surface area contributed by atoms with Crippen LogP contribution in [0.25, 0.3) is 0 Å². The summed E-state index contributed by atoms with van der Waals surface area (Å²) < 4.78 is 5.86. The fraction of sp³-hybridized carbons (Fsp3) is 0.778. The standard InChI is InChI=1S/C18H30N6O2S2/c1-11(28-18-23-16(19)22-17(20)24-18)15(25)21-13-7-2-3-8-14(13)27-10-12-6-4-5-9-26-12/h11-14H,2-10H2,1H3,(H,21,25)(H4,19,20,22,23,24). The van der Waals surface area contributed by atoms with E-state index < -0.39 is 0 Å². The van der Waals surface area contributed by atoms with Gasteiger partial charge in [0.2, 0.25) is 17.8 Å². The number of ether oxygens (including phenoxy) is 1. The van der Waals surface area contributed by atoms with E-state index in [-0.39, 0.29) is 29.1 Å². The number of nitrogens with one attached hydrogen (secondary N) is 1. The van der Waals surface area contributed by atoms with Crippen LogP contribution in [0.15, 0.2) is 5.16 Å². The van der Waals surface area contributed by atoms with Gasteiger partial charge in [0.25, 0.3) is 0 Å². The average Bonchev–Trinajstić information content (AvgIpc) is 2.67. The van der Waals surface area contributed by atoms with Gasteiger partial charge in [-0.1, -0.05) is 24.6 Å². The zero-order valence-corrected chi connectivity index (χ0v) is 17.9. The molecule has 0 radical (unpaired) electrons. The molecule has 10 heteroatoms. The summed E-state index contributed by atoms with van der Waals surface area (Å²) in [6.07, 6.45) is 8.51. The minimum atomic E-state index is -0.338. The van der Waals surface area contributed by atoms with Crippen molar-refractivity contribution in [3.8, 4) is 0 Å². The molecule has 1 aliphatic carbocycles. The number of rotatable bonds is 7. The second-order valence-corrected chi connectivity index (χ2v) is 9.93. The van der Waals surface area contributed by atoms with Crippen molar-refractivity contribution in [3.05, 3.63) is 0 Å². The van der Waals surface area contributed by atoms with Gasteiger partial charge in [0, 0.05) is 23.7 Å². The Hall–Kier alpha value is -1.26. The first-order valence-electron chi connectivity index (χ1n) is 9.98. The number of nitrogens with zero attached hydrogens (tertiary/aromatic N) is 3. The molecule has 4 unspecified atom stereocenters. The van der Waals surface area contributed by atoms with Gasteiger partial charge < -0.3 is 21.5 Å². The first-order valence-corrected chi connectivity index (χ1v) is 11.9. The van der Waals surface area contributed by atoms with E-state index in [2.05, 4.69) is 20.3 Å². The van der Waals surface area contributed by atoms with Gasteiger partial charge in [0.05, 0.1) is 11.4 Å². The van der Waals surface area contributed by atoms with E-state index >= 15 is 0 Å². The summed E-state index contributed by atoms with van der Waals surface area (Å²) in [5.41, 5.74) is 11.2. The van der Waals surface area contributed by atoms with Crippen LogP contribution >= 0.6 is 23.5 Å². The summed E-state index contributed by atoms with van der Waals surface area (Å²) in [5, 5.41) is 3.73. The van der Waals surface area contributed by atoms with Gasteiger partial charge in [0.1, 0.15) is 0 Å². The number of thioether (sulfide) groups is 2. The van der Waals surface area contributed by atoms with Crippen molar-refractivity contribution < 1.29 is 9.53 Å². The highest BCUT2D eigenvalue weighted by atomic mass is 32.2. The molecule has 5 N–H and O–H groups in total. The predicted octanol–water partition coefficient (Wildman–Crippen LogP) is 2.25. The maximum atomic E-state index is 12.7. The Balaban J connectivity index is 1.51. The van der Waals surface area contributed by atoms with Crippen molar-refractivity contribution in [2.75, 3.05) is 23.8 Å². The Morgan fingerprint density at radius 3 is 2.57 bits per heavy atom. The zero-order valence-electron chi connectivity index (χ0n) is 16.3. The van der Waals surface area contributed by atoms with Gasteiger partial charge in [-0.2, -0.15) is 26.7 Å². The normalized spacial score (nSPS) is 26.5. The molecular weight excluding hydrogens is 396 g/mol. The molecule has 0 bridgehead atoms. The molecular formula is C18H30N6O2S2. The number of hydrogen-bond donors (Lipinski definition) is 3. The van der Waals surface area contributed by atoms with E-state index in [4.69, 9.17) is 16.2 Å². The Morgan fingerprint density at radius 1 is 1.14 bits per heavy atom. The third-order valence-corrected chi connectivity index (χ3v) is 7.62. The van der Waals surface area contributed by atoms with Gasteiger partial charge in [-0.3, -0.25) is 4.79 Å². The van der Waals surface area contributed by atoms with Gasteiger partial charge >= 0.3 is 0 Å². The molecule has 3 rings (SSSR count). The summed E-state index contributed by atoms with van der Waals surface area (Å²) in [6.45, 7) is 2.73. The molecule has 4 atom stereocenters. The van der Waals surface area contributed by atoms with Crippen LogP contribution in [-0.4, -0.2) is 55.9 Å². The Morgan fingerprint density at radius 2 is 1.86 bits per heavy atom. The van der Waals surface area contributed by atoms with Crippen LogP contribution in [0.1, 0.15) is 51.9 Å². The van der Waals surface area contributed by atoms with Crippen LogP contribution in [0, 0.1) is 0 Å². The van der Waals surface area contributed by atoms with E-state index in [1.807, 2.05) is 18.7 Å². The lowest BCUT2D eigenvalue weighted by Gasteiger charge is -2.33. The van der Waals surface area contributed by atoms with Crippen LogP contribution < -0.4 is 16.8 Å². The third-order valence-electron chi connectivity index (χ3n) is 5.10. The van der Waals surface area contributed by atoms with E-state index in [9.17, 15) is 4.79 Å². The van der Waals surface area contributed by atoms with Crippen molar-refractivity contribution >= 4 is 41.3 Å². The molecule has 1 aromatic rings. The SMILES string of the molecule is CC(Sc1nc(N)nc(N)n1)C(=O)NC1CCCCC1SCC1CCCCO1. The molecule has 1 saturated heterocycles. The molecule has 2 heterocycles. The van der Waals surface area contributed by atoms with E-state index in [1.54, 1.807) is 0 Å². The average molecular weight is 427 g/mol. The van der Waals surface area contributed by atoms with Crippen molar-refractivity contribution in [3.63, 3.8) is 0 Å². The quantitative estimate of drug-likeness (QED) is 0.562. The number of carbonyl (C=O) groups is 1. The van der Waals surface area contributed by atoms with Crippen LogP contribution in [0.3, 0.4) is 0 Å². The Bertz CT molecular complexity index is 639. The third kappa shape index (κ3) is 6.38. The molecule has 8 nitrogen and oxygen atoms in total. The molecule has 2 fully saturated rings. The highest BCUT2D eigenvalue weighted by molar-refractivity contribution is 8.00. The Labute approximate surface area is 174 Å². The van der Waals surface area contributed by atoms with Crippen LogP contribution in [0.4, 0.5) is 11.9 Å². The van der Waals surface area contributed by atoms with Crippen LogP contribution in [0.2, 0.25) is 0 Å². The maximum Gasteiger partial charge on any atom is 0.233 e. The lowest BCUT2D eigenvalue weighted by atomic mass is 9.95. The number of carbonyl (C=O) groups excluding carboxylic acids is 1. The lowest BCUT2D eigenvalue weighted by molar-refractivity contribution is -0.121. The smallest absolute Gasteiger partial charge is 0.233 e. The minimum Gasteiger partial charge on any atom is -0.377 e. The molecule has 2 aliphatic rings. The number of amides is 1. The topological polar surface area (TPSA) is 129 Å². The lowest BCUT2D eigenvalue weighted by Crippen LogP contribution is -2.46. The first-order chi connectivity index (χ1) is 13.5. The second-order valence-electron chi connectivity index (χ2n) is 7.35. The second kappa shape index (κ2) is 10.5. The fourth-order valence-electron chi connectivity index (χ4n) is 3.58. The highest BCUT2D eigenvalue weighted by Gasteiger charge is 2.29. The summed E-state index contributed by atoms with van der Waals surface area (Å²) in [5.74, 6) is 1.15. The van der Waals surface area contributed by atoms with Crippen molar-refractivity contribution in [2.24, 2.45) is 0 Å². The number of anilines is 2. The summed E-state index contributed by atoms with van der Waals surface area (Å²) in [7, 11) is 0. The minimum absolute atomic E-state index is 0.00558. The summed E-state index contributed by atoms with van der Waals surface area (Å²) in [6, 6.07) is 0.200. The van der Waals surface area contributed by atoms with E-state index in [0.717, 1.165) is 38.0 Å². The molecule has 28 heavy (non-hydrogen) atoms. The maximum absolute atomic E-state index is 12.7. The summed E-state index contributed by atoms with van der Waals surface area (Å²) in [4.78, 5) is 24.6.